The van der Waals surface area contributed by atoms with Crippen LogP contribution in [-0.2, 0) is 0 Å². The number of fused-ring (bicyclic) bond motifs is 1. The zero-order valence-corrected chi connectivity index (χ0v) is 14.1. The molecule has 0 unspecified atom stereocenters. The fourth-order valence-electron chi connectivity index (χ4n) is 4.97. The molecule has 0 N–H and O–H groups in total. The molecule has 0 aromatic heterocycles. The highest BCUT2D eigenvalue weighted by atomic mass is 15.3. The van der Waals surface area contributed by atoms with E-state index in [2.05, 4.69) is 76.6 Å². The summed E-state index contributed by atoms with van der Waals surface area (Å²) in [6.45, 7) is 3.72. The Morgan fingerprint density at radius 3 is 1.55 bits per heavy atom. The monoisotopic (exact) mass is 292 g/mol. The minimum absolute atomic E-state index is 0.574. The van der Waals surface area contributed by atoms with Crippen LogP contribution in [-0.4, -0.2) is 32.2 Å². The zero-order valence-electron chi connectivity index (χ0n) is 14.1. The molecule has 1 heteroatoms. The molecule has 0 heterocycles. The molecule has 0 fully saturated rings. The Morgan fingerprint density at radius 2 is 1.14 bits per heavy atom. The number of quaternary nitrogens is 1. The molecule has 0 saturated carbocycles. The first-order valence-corrected chi connectivity index (χ1v) is 8.45. The average molecular weight is 292 g/mol. The highest BCUT2D eigenvalue weighted by Gasteiger charge is 2.49. The molecule has 5 rings (SSSR count). The van der Waals surface area contributed by atoms with Crippen molar-refractivity contribution in [2.45, 2.75) is 18.8 Å². The maximum Gasteiger partial charge on any atom is 0.0821 e. The second-order valence-electron chi connectivity index (χ2n) is 8.21. The normalized spacial score (nSPS) is 29.1. The van der Waals surface area contributed by atoms with Gasteiger partial charge in [0.2, 0.25) is 0 Å². The molecule has 0 amide bonds. The summed E-state index contributed by atoms with van der Waals surface area (Å²) >= 11 is 0. The maximum atomic E-state index is 2.48. The number of rotatable bonds is 2. The number of nitrogens with zero attached hydrogens (tertiary/aromatic N) is 1. The van der Waals surface area contributed by atoms with Crippen LogP contribution in [0.5, 0.6) is 0 Å². The van der Waals surface area contributed by atoms with E-state index in [0.29, 0.717) is 17.8 Å². The second kappa shape index (κ2) is 4.70. The van der Waals surface area contributed by atoms with Crippen molar-refractivity contribution in [1.82, 2.24) is 0 Å². The van der Waals surface area contributed by atoms with Crippen molar-refractivity contribution in [2.75, 3.05) is 27.7 Å². The van der Waals surface area contributed by atoms with Gasteiger partial charge in [-0.15, -0.1) is 0 Å². The van der Waals surface area contributed by atoms with Crippen molar-refractivity contribution in [3.63, 3.8) is 0 Å². The molecule has 0 aliphatic heterocycles. The predicted molar refractivity (Wildman–Crippen MR) is 92.1 cm³/mol. The Morgan fingerprint density at radius 1 is 0.727 bits per heavy atom. The van der Waals surface area contributed by atoms with E-state index in [0.717, 1.165) is 10.4 Å². The predicted octanol–water partition coefficient (Wildman–Crippen LogP) is 4.24. The lowest BCUT2D eigenvalue weighted by atomic mass is 9.54. The minimum atomic E-state index is 0.574. The van der Waals surface area contributed by atoms with Gasteiger partial charge >= 0.3 is 0 Å². The van der Waals surface area contributed by atoms with Crippen molar-refractivity contribution in [3.8, 4) is 0 Å². The molecule has 0 spiro atoms. The average Bonchev–Trinajstić information content (AvgIpc) is 2.48. The van der Waals surface area contributed by atoms with Gasteiger partial charge in [-0.05, 0) is 28.2 Å². The molecule has 114 valence electrons. The molecular formula is C21H26N+. The highest BCUT2D eigenvalue weighted by molar-refractivity contribution is 5.56. The van der Waals surface area contributed by atoms with Crippen LogP contribution in [0, 0.1) is 11.8 Å². The molecule has 0 radical (unpaired) electrons. The van der Waals surface area contributed by atoms with Gasteiger partial charge in [0.15, 0.2) is 0 Å². The number of hydrogen-bond acceptors (Lipinski definition) is 0. The van der Waals surface area contributed by atoms with Gasteiger partial charge in [0.05, 0.1) is 27.7 Å². The van der Waals surface area contributed by atoms with Gasteiger partial charge in [0, 0.05) is 17.8 Å². The first-order chi connectivity index (χ1) is 10.5. The van der Waals surface area contributed by atoms with E-state index < -0.39 is 0 Å². The topological polar surface area (TPSA) is 0 Å². The number of benzene rings is 2. The van der Waals surface area contributed by atoms with Crippen LogP contribution in [0.3, 0.4) is 0 Å². The summed E-state index contributed by atoms with van der Waals surface area (Å²) in [7, 11) is 6.98. The lowest BCUT2D eigenvalue weighted by Crippen LogP contribution is -2.48. The fourth-order valence-corrected chi connectivity index (χ4v) is 4.97. The van der Waals surface area contributed by atoms with E-state index in [9.17, 15) is 0 Å². The van der Waals surface area contributed by atoms with Crippen LogP contribution in [0.4, 0.5) is 0 Å². The molecule has 3 aliphatic rings. The van der Waals surface area contributed by atoms with Crippen LogP contribution in [0.2, 0.25) is 0 Å². The second-order valence-corrected chi connectivity index (χ2v) is 8.21. The molecule has 3 aliphatic carbocycles. The van der Waals surface area contributed by atoms with Gasteiger partial charge in [-0.1, -0.05) is 55.5 Å². The van der Waals surface area contributed by atoms with E-state index in [4.69, 9.17) is 0 Å². The summed E-state index contributed by atoms with van der Waals surface area (Å²) in [5.41, 5.74) is 6.33. The summed E-state index contributed by atoms with van der Waals surface area (Å²) in [6, 6.07) is 18.3. The fraction of sp³-hybridized carbons (Fsp3) is 0.429. The van der Waals surface area contributed by atoms with Gasteiger partial charge in [-0.2, -0.15) is 0 Å². The molecular weight excluding hydrogens is 266 g/mol. The Kier molecular flexibility index (Phi) is 2.99. The van der Waals surface area contributed by atoms with E-state index in [1.165, 1.54) is 6.54 Å². The maximum absolute atomic E-state index is 2.48. The zero-order chi connectivity index (χ0) is 15.5. The van der Waals surface area contributed by atoms with Crippen LogP contribution < -0.4 is 0 Å². The third-order valence-electron chi connectivity index (χ3n) is 5.72. The number of hydrogen-bond donors (Lipinski definition) is 0. The molecule has 2 aromatic rings. The Labute approximate surface area is 134 Å². The Hall–Kier alpha value is -1.60. The smallest absolute Gasteiger partial charge is 0.0821 e. The van der Waals surface area contributed by atoms with Crippen molar-refractivity contribution in [1.29, 1.82) is 0 Å². The minimum Gasteiger partial charge on any atom is -0.331 e. The van der Waals surface area contributed by atoms with Gasteiger partial charge in [-0.3, -0.25) is 0 Å². The quantitative estimate of drug-likeness (QED) is 0.726. The van der Waals surface area contributed by atoms with Gasteiger partial charge in [0.25, 0.3) is 0 Å². The molecule has 2 atom stereocenters. The molecule has 2 bridgehead atoms. The largest absolute Gasteiger partial charge is 0.331 e. The lowest BCUT2D eigenvalue weighted by Gasteiger charge is -2.50. The summed E-state index contributed by atoms with van der Waals surface area (Å²) in [6.07, 6.45) is 0. The van der Waals surface area contributed by atoms with Crippen molar-refractivity contribution < 1.29 is 4.48 Å². The summed E-state index contributed by atoms with van der Waals surface area (Å²) in [4.78, 5) is 0. The van der Waals surface area contributed by atoms with Crippen LogP contribution in [0.1, 0.15) is 41.0 Å². The summed E-state index contributed by atoms with van der Waals surface area (Å²) < 4.78 is 1.04. The first kappa shape index (κ1) is 14.0. The van der Waals surface area contributed by atoms with Gasteiger partial charge in [-0.25, -0.2) is 0 Å². The van der Waals surface area contributed by atoms with Crippen LogP contribution in [0.25, 0.3) is 0 Å². The third-order valence-corrected chi connectivity index (χ3v) is 5.72. The van der Waals surface area contributed by atoms with Crippen molar-refractivity contribution in [3.05, 3.63) is 70.8 Å². The van der Waals surface area contributed by atoms with E-state index in [-0.39, 0.29) is 0 Å². The lowest BCUT2D eigenvalue weighted by molar-refractivity contribution is -0.874. The Balaban J connectivity index is 1.92. The third kappa shape index (κ3) is 1.95. The molecule has 0 saturated heterocycles. The first-order valence-electron chi connectivity index (χ1n) is 8.45. The molecule has 1 nitrogen and oxygen atoms in total. The van der Waals surface area contributed by atoms with Crippen molar-refractivity contribution >= 4 is 0 Å². The van der Waals surface area contributed by atoms with E-state index in [1.54, 1.807) is 22.3 Å². The van der Waals surface area contributed by atoms with Crippen molar-refractivity contribution in [2.24, 2.45) is 11.8 Å². The highest BCUT2D eigenvalue weighted by Crippen LogP contribution is 2.58. The van der Waals surface area contributed by atoms with Crippen LogP contribution >= 0.6 is 0 Å². The van der Waals surface area contributed by atoms with E-state index in [1.807, 2.05) is 0 Å². The molecule has 22 heavy (non-hydrogen) atoms. The van der Waals surface area contributed by atoms with Gasteiger partial charge < -0.3 is 4.48 Å². The summed E-state index contributed by atoms with van der Waals surface area (Å²) in [5.74, 6) is 2.60. The molecule has 2 aromatic carbocycles. The SMILES string of the molecule is C[C@H]1C2c3ccccc3C(c3ccccc32)[C@@H]1C[N+](C)(C)C. The van der Waals surface area contributed by atoms with E-state index >= 15 is 0 Å². The van der Waals surface area contributed by atoms with Crippen LogP contribution in [0.15, 0.2) is 48.5 Å². The standard InChI is InChI=1S/C21H26N/c1-14-19(13-22(2,3)4)21-17-11-7-5-9-15(17)20(14)16-10-6-8-12-18(16)21/h5-12,14,19-21H,13H2,1-4H3/q+1/t14-,19-,20?,21?/m1/s1. The van der Waals surface area contributed by atoms with Gasteiger partial charge in [0.1, 0.15) is 0 Å². The summed E-state index contributed by atoms with van der Waals surface area (Å²) in [5, 5.41) is 0. The Bertz CT molecular complexity index is 662.